The maximum Gasteiger partial charge on any atom is 0.268 e. The fraction of sp³-hybridized carbons (Fsp3) is 0.931. The second-order valence-corrected chi connectivity index (χ2v) is 27.7. The van der Waals surface area contributed by atoms with Crippen LogP contribution in [0.3, 0.4) is 0 Å². The Labute approximate surface area is 506 Å². The van der Waals surface area contributed by atoms with Gasteiger partial charge in [-0.3, -0.25) is 9.36 Å². The van der Waals surface area contributed by atoms with Gasteiger partial charge in [-0.1, -0.05) is 366 Å². The molecule has 9 heteroatoms. The van der Waals surface area contributed by atoms with E-state index in [4.69, 9.17) is 9.05 Å². The van der Waals surface area contributed by atoms with Crippen molar-refractivity contribution < 1.29 is 32.9 Å². The minimum Gasteiger partial charge on any atom is -0.756 e. The first-order chi connectivity index (χ1) is 39.5. The number of unbranched alkanes of at least 4 members (excludes halogenated alkanes) is 53. The first kappa shape index (κ1) is 80.0. The van der Waals surface area contributed by atoms with Crippen molar-refractivity contribution >= 4 is 13.7 Å². The van der Waals surface area contributed by atoms with E-state index in [0.29, 0.717) is 17.4 Å². The van der Waals surface area contributed by atoms with E-state index in [-0.39, 0.29) is 19.1 Å². The molecule has 0 aliphatic carbocycles. The summed E-state index contributed by atoms with van der Waals surface area (Å²) in [5.74, 6) is -0.198. The van der Waals surface area contributed by atoms with Gasteiger partial charge in [0.1, 0.15) is 13.2 Å². The largest absolute Gasteiger partial charge is 0.756 e. The number of hydrogen-bond donors (Lipinski definition) is 2. The van der Waals surface area contributed by atoms with Crippen molar-refractivity contribution in [3.8, 4) is 0 Å². The van der Waals surface area contributed by atoms with Crippen molar-refractivity contribution in [2.75, 3.05) is 40.9 Å². The van der Waals surface area contributed by atoms with Crippen LogP contribution in [0, 0.1) is 0 Å². The highest BCUT2D eigenvalue weighted by Gasteiger charge is 2.23. The molecular weight excluding hydrogens is 1020 g/mol. The number of carbonyl (C=O) groups excluding carboxylic acids is 1. The van der Waals surface area contributed by atoms with Gasteiger partial charge in [0.2, 0.25) is 5.91 Å². The first-order valence-corrected chi connectivity index (χ1v) is 37.7. The predicted octanol–water partition coefficient (Wildman–Crippen LogP) is 22.4. The van der Waals surface area contributed by atoms with Gasteiger partial charge in [0.05, 0.1) is 39.9 Å². The summed E-state index contributed by atoms with van der Waals surface area (Å²) < 4.78 is 23.4. The summed E-state index contributed by atoms with van der Waals surface area (Å²) in [6.07, 6.45) is 83.3. The molecule has 482 valence electrons. The van der Waals surface area contributed by atoms with Crippen LogP contribution in [0.4, 0.5) is 0 Å². The molecule has 0 saturated carbocycles. The fourth-order valence-corrected chi connectivity index (χ4v) is 12.0. The molecule has 81 heavy (non-hydrogen) atoms. The van der Waals surface area contributed by atoms with Crippen LogP contribution in [-0.2, 0) is 18.4 Å². The Morgan fingerprint density at radius 2 is 0.691 bits per heavy atom. The third kappa shape index (κ3) is 66.4. The number of amides is 1. The number of nitrogens with zero attached hydrogens (tertiary/aromatic N) is 1. The molecule has 0 aromatic carbocycles. The standard InChI is InChI=1S/C72H143N2O6P/c1-6-8-10-12-14-16-18-20-22-24-26-28-30-31-32-33-34-35-36-37-38-39-40-41-42-44-46-48-50-52-54-56-58-60-62-64-66-72(76)73-70(69-80-81(77,78)79-68-67-74(3,4)5)71(75)65-63-61-59-57-55-53-51-49-47-45-43-29-27-25-23-21-19-17-15-13-11-9-7-2/h55,57,63,65,70-71,75H,6-54,56,58-62,64,66-69H2,1-5H3,(H-,73,76,77,78)/b57-55+,65-63+. The van der Waals surface area contributed by atoms with E-state index in [0.717, 1.165) is 38.5 Å². The van der Waals surface area contributed by atoms with Gasteiger partial charge in [-0.2, -0.15) is 0 Å². The minimum atomic E-state index is -4.61. The number of carbonyl (C=O) groups is 1. The minimum absolute atomic E-state index is 0.00343. The molecule has 0 aromatic rings. The van der Waals surface area contributed by atoms with E-state index in [1.807, 2.05) is 27.2 Å². The third-order valence-corrected chi connectivity index (χ3v) is 17.9. The van der Waals surface area contributed by atoms with Crippen LogP contribution >= 0.6 is 7.82 Å². The van der Waals surface area contributed by atoms with Gasteiger partial charge in [0.25, 0.3) is 7.82 Å². The van der Waals surface area contributed by atoms with Crippen LogP contribution in [-0.4, -0.2) is 68.5 Å². The molecular formula is C72H143N2O6P. The van der Waals surface area contributed by atoms with Gasteiger partial charge in [-0.05, 0) is 32.1 Å². The lowest BCUT2D eigenvalue weighted by Gasteiger charge is -2.29. The SMILES string of the molecule is CCCCCCCCCCCCCCCCCCC/C=C/CC/C=C/C(O)C(COP(=O)([O-])OCC[N+](C)(C)C)NC(=O)CCCCCCCCCCCCCCCCCCCCCCCCCCCCCCCCCCCCCC. The Morgan fingerprint density at radius 3 is 1.00 bits per heavy atom. The quantitative estimate of drug-likeness (QED) is 0.0272. The first-order valence-electron chi connectivity index (χ1n) is 36.2. The highest BCUT2D eigenvalue weighted by molar-refractivity contribution is 7.45. The molecule has 2 N–H and O–H groups in total. The number of quaternary nitrogens is 1. The zero-order valence-corrected chi connectivity index (χ0v) is 56.2. The summed E-state index contributed by atoms with van der Waals surface area (Å²) in [5.41, 5.74) is 0. The summed E-state index contributed by atoms with van der Waals surface area (Å²) in [6.45, 7) is 4.70. The Balaban J connectivity index is 3.98. The highest BCUT2D eigenvalue weighted by atomic mass is 31.2. The number of aliphatic hydroxyl groups excluding tert-OH is 1. The van der Waals surface area contributed by atoms with E-state index in [2.05, 4.69) is 31.3 Å². The number of hydrogen-bond acceptors (Lipinski definition) is 6. The summed E-state index contributed by atoms with van der Waals surface area (Å²) in [6, 6.07) is -0.902. The Hall–Kier alpha value is -1.02. The lowest BCUT2D eigenvalue weighted by molar-refractivity contribution is -0.870. The molecule has 0 aliphatic rings. The van der Waals surface area contributed by atoms with Crippen molar-refractivity contribution in [3.63, 3.8) is 0 Å². The summed E-state index contributed by atoms with van der Waals surface area (Å²) in [7, 11) is 1.26. The molecule has 0 radical (unpaired) electrons. The highest BCUT2D eigenvalue weighted by Crippen LogP contribution is 2.38. The summed E-state index contributed by atoms with van der Waals surface area (Å²) in [5, 5.41) is 13.9. The van der Waals surface area contributed by atoms with Crippen molar-refractivity contribution in [2.45, 2.75) is 392 Å². The predicted molar refractivity (Wildman–Crippen MR) is 353 cm³/mol. The second-order valence-electron chi connectivity index (χ2n) is 26.3. The molecule has 8 nitrogen and oxygen atoms in total. The molecule has 1 amide bonds. The van der Waals surface area contributed by atoms with Crippen molar-refractivity contribution in [1.82, 2.24) is 5.32 Å². The number of nitrogens with one attached hydrogen (secondary N) is 1. The average Bonchev–Trinajstić information content (AvgIpc) is 3.43. The van der Waals surface area contributed by atoms with Gasteiger partial charge >= 0.3 is 0 Å². The lowest BCUT2D eigenvalue weighted by atomic mass is 10.0. The van der Waals surface area contributed by atoms with Crippen LogP contribution in [0.5, 0.6) is 0 Å². The molecule has 3 atom stereocenters. The zero-order valence-electron chi connectivity index (χ0n) is 55.3. The van der Waals surface area contributed by atoms with E-state index < -0.39 is 20.0 Å². The number of likely N-dealkylation sites (N-methyl/N-ethyl adjacent to an activating group) is 1. The van der Waals surface area contributed by atoms with Gasteiger partial charge in [-0.15, -0.1) is 0 Å². The zero-order chi connectivity index (χ0) is 59.1. The molecule has 0 aromatic heterocycles. The molecule has 0 saturated heterocycles. The van der Waals surface area contributed by atoms with Crippen LogP contribution in [0.25, 0.3) is 0 Å². The van der Waals surface area contributed by atoms with Crippen molar-refractivity contribution in [2.24, 2.45) is 0 Å². The third-order valence-electron chi connectivity index (χ3n) is 16.9. The van der Waals surface area contributed by atoms with E-state index in [1.54, 1.807) is 6.08 Å². The molecule has 0 bridgehead atoms. The Bertz CT molecular complexity index is 1370. The molecule has 0 heterocycles. The Kier molecular flexibility index (Phi) is 62.7. The summed E-state index contributed by atoms with van der Waals surface area (Å²) >= 11 is 0. The number of allylic oxidation sites excluding steroid dienone is 3. The molecule has 0 rings (SSSR count). The van der Waals surface area contributed by atoms with E-state index in [1.165, 1.54) is 321 Å². The fourth-order valence-electron chi connectivity index (χ4n) is 11.3. The lowest BCUT2D eigenvalue weighted by Crippen LogP contribution is -2.45. The number of phosphoric acid groups is 1. The molecule has 0 aliphatic heterocycles. The van der Waals surface area contributed by atoms with E-state index >= 15 is 0 Å². The van der Waals surface area contributed by atoms with Crippen molar-refractivity contribution in [1.29, 1.82) is 0 Å². The molecule has 0 spiro atoms. The van der Waals surface area contributed by atoms with Gasteiger partial charge < -0.3 is 28.8 Å². The maximum absolute atomic E-state index is 13.0. The molecule has 0 fully saturated rings. The van der Waals surface area contributed by atoms with Crippen LogP contribution in [0.2, 0.25) is 0 Å². The van der Waals surface area contributed by atoms with Crippen LogP contribution in [0.15, 0.2) is 24.3 Å². The van der Waals surface area contributed by atoms with Crippen LogP contribution < -0.4 is 10.2 Å². The van der Waals surface area contributed by atoms with Gasteiger partial charge in [-0.25, -0.2) is 0 Å². The molecule has 3 unspecified atom stereocenters. The van der Waals surface area contributed by atoms with E-state index in [9.17, 15) is 19.4 Å². The van der Waals surface area contributed by atoms with Crippen LogP contribution in [0.1, 0.15) is 380 Å². The monoisotopic (exact) mass is 1160 g/mol. The van der Waals surface area contributed by atoms with Gasteiger partial charge in [0, 0.05) is 6.42 Å². The summed E-state index contributed by atoms with van der Waals surface area (Å²) in [4.78, 5) is 25.6. The van der Waals surface area contributed by atoms with Gasteiger partial charge in [0.15, 0.2) is 0 Å². The second kappa shape index (κ2) is 63.5. The number of aliphatic hydroxyl groups is 1. The smallest absolute Gasteiger partial charge is 0.268 e. The Morgan fingerprint density at radius 1 is 0.420 bits per heavy atom. The number of rotatable bonds is 68. The maximum atomic E-state index is 13.0. The average molecular weight is 1160 g/mol. The normalized spacial score (nSPS) is 13.7. The van der Waals surface area contributed by atoms with Crippen molar-refractivity contribution in [3.05, 3.63) is 24.3 Å². The number of phosphoric ester groups is 1. The topological polar surface area (TPSA) is 108 Å².